The average Bonchev–Trinajstić information content (AvgIpc) is 2.88. The summed E-state index contributed by atoms with van der Waals surface area (Å²) in [5.41, 5.74) is 3.47. The zero-order chi connectivity index (χ0) is 16.4. The first-order valence-corrected chi connectivity index (χ1v) is 9.04. The lowest BCUT2D eigenvalue weighted by Crippen LogP contribution is -2.11. The molecule has 1 aromatic heterocycles. The van der Waals surface area contributed by atoms with Crippen LogP contribution in [0.1, 0.15) is 20.2 Å². The highest BCUT2D eigenvalue weighted by Gasteiger charge is 2.10. The van der Waals surface area contributed by atoms with Crippen molar-refractivity contribution in [3.8, 4) is 11.3 Å². The third-order valence-electron chi connectivity index (χ3n) is 3.43. The number of anilines is 1. The van der Waals surface area contributed by atoms with Crippen LogP contribution in [0.15, 0.2) is 48.5 Å². The zero-order valence-electron chi connectivity index (χ0n) is 12.8. The van der Waals surface area contributed by atoms with E-state index in [4.69, 9.17) is 0 Å². The fraction of sp³-hybridized carbons (Fsp3) is 0.111. The maximum atomic E-state index is 12.3. The van der Waals surface area contributed by atoms with Crippen molar-refractivity contribution in [1.82, 2.24) is 4.98 Å². The Labute approximate surface area is 152 Å². The Morgan fingerprint density at radius 2 is 1.70 bits per heavy atom. The number of nitrogens with one attached hydrogen (secondary N) is 1. The molecule has 5 heteroatoms. The number of thiazole rings is 1. The van der Waals surface area contributed by atoms with Crippen molar-refractivity contribution in [2.45, 2.75) is 13.8 Å². The summed E-state index contributed by atoms with van der Waals surface area (Å²) in [7, 11) is 0. The molecule has 0 aliphatic carbocycles. The van der Waals surface area contributed by atoms with Gasteiger partial charge >= 0.3 is 0 Å². The molecule has 1 N–H and O–H groups in total. The van der Waals surface area contributed by atoms with Gasteiger partial charge in [0.05, 0.1) is 10.7 Å². The van der Waals surface area contributed by atoms with Gasteiger partial charge in [-0.3, -0.25) is 4.79 Å². The number of halogens is 1. The van der Waals surface area contributed by atoms with Crippen molar-refractivity contribution >= 4 is 45.5 Å². The fourth-order valence-electron chi connectivity index (χ4n) is 2.31. The van der Waals surface area contributed by atoms with Gasteiger partial charge < -0.3 is 5.32 Å². The number of aromatic nitrogens is 1. The monoisotopic (exact) mass is 434 g/mol. The summed E-state index contributed by atoms with van der Waals surface area (Å²) in [5.74, 6) is -0.107. The summed E-state index contributed by atoms with van der Waals surface area (Å²) in [4.78, 5) is 18.0. The molecule has 0 fully saturated rings. The van der Waals surface area contributed by atoms with E-state index in [1.165, 1.54) is 4.88 Å². The number of benzene rings is 2. The minimum Gasteiger partial charge on any atom is -0.322 e. The number of hydrogen-bond donors (Lipinski definition) is 1. The van der Waals surface area contributed by atoms with Crippen molar-refractivity contribution < 1.29 is 4.79 Å². The molecule has 0 saturated carbocycles. The Bertz CT molecular complexity index is 838. The second kappa shape index (κ2) is 6.80. The molecule has 0 unspecified atom stereocenters. The Hall–Kier alpha value is -1.73. The van der Waals surface area contributed by atoms with Crippen molar-refractivity contribution in [1.29, 1.82) is 0 Å². The molecule has 1 heterocycles. The topological polar surface area (TPSA) is 42.0 Å². The smallest absolute Gasteiger partial charge is 0.255 e. The predicted octanol–water partition coefficient (Wildman–Crippen LogP) is 5.28. The molecule has 0 bridgehead atoms. The van der Waals surface area contributed by atoms with Crippen molar-refractivity contribution in [3.05, 3.63) is 67.5 Å². The van der Waals surface area contributed by atoms with Crippen LogP contribution in [-0.4, -0.2) is 10.9 Å². The van der Waals surface area contributed by atoms with Gasteiger partial charge in [-0.25, -0.2) is 4.98 Å². The quantitative estimate of drug-likeness (QED) is 0.570. The molecular weight excluding hydrogens is 419 g/mol. The second-order valence-electron chi connectivity index (χ2n) is 5.18. The highest BCUT2D eigenvalue weighted by molar-refractivity contribution is 14.1. The van der Waals surface area contributed by atoms with Gasteiger partial charge in [0.25, 0.3) is 5.91 Å². The van der Waals surface area contributed by atoms with E-state index < -0.39 is 0 Å². The summed E-state index contributed by atoms with van der Waals surface area (Å²) in [5, 5.41) is 3.96. The normalized spacial score (nSPS) is 10.6. The number of hydrogen-bond acceptors (Lipinski definition) is 3. The average molecular weight is 434 g/mol. The highest BCUT2D eigenvalue weighted by Crippen LogP contribution is 2.27. The lowest BCUT2D eigenvalue weighted by molar-refractivity contribution is 0.102. The number of aryl methyl sites for hydroxylation is 2. The van der Waals surface area contributed by atoms with E-state index in [0.717, 1.165) is 25.5 Å². The predicted molar refractivity (Wildman–Crippen MR) is 104 cm³/mol. The standard InChI is InChI=1S/C18H15IN2OS/c1-11-17(20-12(2)23-11)13-3-5-14(6-4-13)18(22)21-16-9-7-15(19)8-10-16/h3-10H,1-2H3,(H,21,22). The van der Waals surface area contributed by atoms with Crippen LogP contribution in [0.2, 0.25) is 0 Å². The van der Waals surface area contributed by atoms with Gasteiger partial charge in [0.2, 0.25) is 0 Å². The van der Waals surface area contributed by atoms with Crippen LogP contribution in [0, 0.1) is 17.4 Å². The van der Waals surface area contributed by atoms with Gasteiger partial charge in [-0.15, -0.1) is 11.3 Å². The fourth-order valence-corrected chi connectivity index (χ4v) is 3.51. The number of rotatable bonds is 3. The molecule has 0 aliphatic rings. The Kier molecular flexibility index (Phi) is 4.77. The Morgan fingerprint density at radius 3 is 2.26 bits per heavy atom. The molecule has 0 atom stereocenters. The van der Waals surface area contributed by atoms with Crippen molar-refractivity contribution in [2.75, 3.05) is 5.32 Å². The van der Waals surface area contributed by atoms with Crippen LogP contribution in [0.3, 0.4) is 0 Å². The van der Waals surface area contributed by atoms with E-state index in [1.807, 2.05) is 55.5 Å². The molecule has 3 nitrogen and oxygen atoms in total. The molecule has 0 saturated heterocycles. The van der Waals surface area contributed by atoms with Crippen LogP contribution >= 0.6 is 33.9 Å². The van der Waals surface area contributed by atoms with Crippen molar-refractivity contribution in [2.24, 2.45) is 0 Å². The summed E-state index contributed by atoms with van der Waals surface area (Å²) in [6.45, 7) is 4.07. The number of amides is 1. The first-order chi connectivity index (χ1) is 11.0. The van der Waals surface area contributed by atoms with Crippen molar-refractivity contribution in [3.63, 3.8) is 0 Å². The number of carbonyl (C=O) groups excluding carboxylic acids is 1. The van der Waals surface area contributed by atoms with Gasteiger partial charge in [0.1, 0.15) is 0 Å². The maximum Gasteiger partial charge on any atom is 0.255 e. The molecule has 2 aromatic carbocycles. The lowest BCUT2D eigenvalue weighted by Gasteiger charge is -2.06. The van der Waals surface area contributed by atoms with E-state index in [1.54, 1.807) is 11.3 Å². The maximum absolute atomic E-state index is 12.3. The number of carbonyl (C=O) groups is 1. The third kappa shape index (κ3) is 3.79. The SMILES string of the molecule is Cc1nc(-c2ccc(C(=O)Nc3ccc(I)cc3)cc2)c(C)s1. The van der Waals surface area contributed by atoms with Gasteiger partial charge in [0, 0.05) is 25.3 Å². The zero-order valence-corrected chi connectivity index (χ0v) is 15.7. The number of nitrogens with zero attached hydrogens (tertiary/aromatic N) is 1. The molecule has 0 spiro atoms. The van der Waals surface area contributed by atoms with E-state index in [0.29, 0.717) is 5.56 Å². The largest absolute Gasteiger partial charge is 0.322 e. The van der Waals surface area contributed by atoms with Gasteiger partial charge in [0.15, 0.2) is 0 Å². The second-order valence-corrected chi connectivity index (χ2v) is 7.83. The van der Waals surface area contributed by atoms with E-state index in [-0.39, 0.29) is 5.91 Å². The molecule has 3 aromatic rings. The van der Waals surface area contributed by atoms with E-state index >= 15 is 0 Å². The third-order valence-corrected chi connectivity index (χ3v) is 5.03. The lowest BCUT2D eigenvalue weighted by atomic mass is 10.1. The Balaban J connectivity index is 1.77. The molecule has 0 aliphatic heterocycles. The van der Waals surface area contributed by atoms with Gasteiger partial charge in [-0.1, -0.05) is 12.1 Å². The van der Waals surface area contributed by atoms with Crippen LogP contribution in [0.5, 0.6) is 0 Å². The summed E-state index contributed by atoms with van der Waals surface area (Å²) >= 11 is 3.92. The minimum atomic E-state index is -0.107. The first-order valence-electron chi connectivity index (χ1n) is 7.14. The Morgan fingerprint density at radius 1 is 1.04 bits per heavy atom. The van der Waals surface area contributed by atoms with Gasteiger partial charge in [-0.2, -0.15) is 0 Å². The summed E-state index contributed by atoms with van der Waals surface area (Å²) in [6, 6.07) is 15.3. The molecule has 1 amide bonds. The summed E-state index contributed by atoms with van der Waals surface area (Å²) < 4.78 is 1.14. The van der Waals surface area contributed by atoms with Crippen LogP contribution in [0.25, 0.3) is 11.3 Å². The molecular formula is C18H15IN2OS. The first kappa shape index (κ1) is 16.1. The molecule has 3 rings (SSSR count). The molecule has 116 valence electrons. The summed E-state index contributed by atoms with van der Waals surface area (Å²) in [6.07, 6.45) is 0. The van der Waals surface area contributed by atoms with Crippen LogP contribution in [-0.2, 0) is 0 Å². The van der Waals surface area contributed by atoms with E-state index in [2.05, 4.69) is 39.8 Å². The molecule has 0 radical (unpaired) electrons. The van der Waals surface area contributed by atoms with Gasteiger partial charge in [-0.05, 0) is 72.8 Å². The minimum absolute atomic E-state index is 0.107. The van der Waals surface area contributed by atoms with Crippen LogP contribution in [0.4, 0.5) is 5.69 Å². The highest BCUT2D eigenvalue weighted by atomic mass is 127. The van der Waals surface area contributed by atoms with Crippen LogP contribution < -0.4 is 5.32 Å². The van der Waals surface area contributed by atoms with E-state index in [9.17, 15) is 4.79 Å². The molecule has 23 heavy (non-hydrogen) atoms.